The lowest BCUT2D eigenvalue weighted by molar-refractivity contribution is 0.403. The lowest BCUT2D eigenvalue weighted by Gasteiger charge is -2.34. The van der Waals surface area contributed by atoms with Crippen LogP contribution in [0, 0.1) is 23.0 Å². The van der Waals surface area contributed by atoms with Crippen LogP contribution in [0.25, 0.3) is 0 Å². The van der Waals surface area contributed by atoms with E-state index in [1.165, 1.54) is 0 Å². The zero-order chi connectivity index (χ0) is 12.7. The second-order valence-corrected chi connectivity index (χ2v) is 6.27. The minimum atomic E-state index is -4.14. The number of halogens is 2. The average Bonchev–Trinajstić information content (AvgIpc) is 2.20. The third kappa shape index (κ3) is 1.62. The van der Waals surface area contributed by atoms with Crippen LogP contribution >= 0.6 is 0 Å². The predicted molar refractivity (Wildman–Crippen MR) is 55.7 cm³/mol. The third-order valence-corrected chi connectivity index (χ3v) is 5.48. The lowest BCUT2D eigenvalue weighted by atomic mass is 9.86. The third-order valence-electron chi connectivity index (χ3n) is 3.06. The summed E-state index contributed by atoms with van der Waals surface area (Å²) in [5, 5.41) is 8.95. The van der Waals surface area contributed by atoms with Crippen LogP contribution in [0.15, 0.2) is 23.1 Å². The first-order chi connectivity index (χ1) is 7.93. The van der Waals surface area contributed by atoms with Crippen LogP contribution in [0.4, 0.5) is 8.78 Å². The van der Waals surface area contributed by atoms with E-state index in [1.807, 2.05) is 0 Å². The number of rotatable bonds is 2. The molecule has 0 aliphatic heterocycles. The lowest BCUT2D eigenvalue weighted by Crippen LogP contribution is -2.44. The van der Waals surface area contributed by atoms with Crippen LogP contribution in [0.2, 0.25) is 0 Å². The highest BCUT2D eigenvalue weighted by Crippen LogP contribution is 2.42. The zero-order valence-electron chi connectivity index (χ0n) is 8.78. The van der Waals surface area contributed by atoms with Crippen molar-refractivity contribution in [2.24, 2.45) is 0 Å². The molecule has 1 aromatic carbocycles. The summed E-state index contributed by atoms with van der Waals surface area (Å²) in [6, 6.07) is 3.95. The van der Waals surface area contributed by atoms with Gasteiger partial charge in [0.2, 0.25) is 0 Å². The number of hydrogen-bond acceptors (Lipinski definition) is 3. The highest BCUT2D eigenvalue weighted by Gasteiger charge is 2.51. The molecule has 1 saturated carbocycles. The summed E-state index contributed by atoms with van der Waals surface area (Å²) in [7, 11) is -4.14. The van der Waals surface area contributed by atoms with Crippen LogP contribution in [0.5, 0.6) is 0 Å². The molecule has 1 aliphatic rings. The van der Waals surface area contributed by atoms with Gasteiger partial charge in [0.1, 0.15) is 16.5 Å². The molecule has 0 saturated heterocycles. The minimum Gasteiger partial charge on any atom is -0.222 e. The Hall–Kier alpha value is -1.48. The summed E-state index contributed by atoms with van der Waals surface area (Å²) < 4.78 is 49.1. The van der Waals surface area contributed by atoms with E-state index in [9.17, 15) is 17.2 Å². The van der Waals surface area contributed by atoms with Crippen molar-refractivity contribution in [2.75, 3.05) is 0 Å². The fourth-order valence-corrected chi connectivity index (χ4v) is 3.79. The number of sulfone groups is 1. The van der Waals surface area contributed by atoms with E-state index in [1.54, 1.807) is 6.07 Å². The van der Waals surface area contributed by atoms with Crippen LogP contribution < -0.4 is 0 Å². The Kier molecular flexibility index (Phi) is 2.66. The molecule has 1 aliphatic carbocycles. The number of nitrogens with zero attached hydrogens (tertiary/aromatic N) is 1. The second-order valence-electron chi connectivity index (χ2n) is 4.04. The first-order valence-corrected chi connectivity index (χ1v) is 6.52. The second kappa shape index (κ2) is 3.77. The van der Waals surface area contributed by atoms with E-state index in [2.05, 4.69) is 0 Å². The van der Waals surface area contributed by atoms with Crippen LogP contribution in [0.1, 0.15) is 19.3 Å². The van der Waals surface area contributed by atoms with Gasteiger partial charge in [-0.15, -0.1) is 0 Å². The Morgan fingerprint density at radius 2 is 1.94 bits per heavy atom. The van der Waals surface area contributed by atoms with Crippen molar-refractivity contribution in [2.45, 2.75) is 28.9 Å². The maximum atomic E-state index is 13.4. The molecule has 1 aromatic rings. The predicted octanol–water partition coefficient (Wildman–Crippen LogP) is 2.18. The molecule has 2 rings (SSSR count). The molecule has 0 bridgehead atoms. The number of nitriles is 1. The summed E-state index contributed by atoms with van der Waals surface area (Å²) >= 11 is 0. The molecule has 3 nitrogen and oxygen atoms in total. The molecular weight excluding hydrogens is 248 g/mol. The van der Waals surface area contributed by atoms with Crippen molar-refractivity contribution < 1.29 is 17.2 Å². The van der Waals surface area contributed by atoms with Crippen molar-refractivity contribution in [3.63, 3.8) is 0 Å². The number of hydrogen-bond donors (Lipinski definition) is 0. The molecule has 1 fully saturated rings. The Morgan fingerprint density at radius 3 is 2.41 bits per heavy atom. The molecule has 0 unspecified atom stereocenters. The molecule has 0 radical (unpaired) electrons. The molecule has 0 aromatic heterocycles. The van der Waals surface area contributed by atoms with E-state index in [4.69, 9.17) is 5.26 Å². The topological polar surface area (TPSA) is 57.9 Å². The van der Waals surface area contributed by atoms with Crippen LogP contribution in [0.3, 0.4) is 0 Å². The summed E-state index contributed by atoms with van der Waals surface area (Å²) in [5.74, 6) is -1.86. The largest absolute Gasteiger partial charge is 0.222 e. The summed E-state index contributed by atoms with van der Waals surface area (Å²) in [4.78, 5) is -0.723. The maximum absolute atomic E-state index is 13.4. The molecular formula is C11H9F2NO2S. The Labute approximate surface area is 97.6 Å². The first kappa shape index (κ1) is 12.0. The first-order valence-electron chi connectivity index (χ1n) is 5.04. The van der Waals surface area contributed by atoms with Gasteiger partial charge in [-0.25, -0.2) is 17.2 Å². The molecule has 0 amide bonds. The molecule has 17 heavy (non-hydrogen) atoms. The fourth-order valence-electron chi connectivity index (χ4n) is 1.83. The normalized spacial score (nSPS) is 18.2. The highest BCUT2D eigenvalue weighted by atomic mass is 32.2. The molecule has 0 spiro atoms. The Morgan fingerprint density at radius 1 is 1.29 bits per heavy atom. The van der Waals surface area contributed by atoms with Gasteiger partial charge >= 0.3 is 0 Å². The van der Waals surface area contributed by atoms with E-state index < -0.39 is 31.1 Å². The van der Waals surface area contributed by atoms with Crippen LogP contribution in [-0.4, -0.2) is 13.2 Å². The van der Waals surface area contributed by atoms with Crippen molar-refractivity contribution in [3.8, 4) is 6.07 Å². The van der Waals surface area contributed by atoms with Gasteiger partial charge in [-0.2, -0.15) is 5.26 Å². The Balaban J connectivity index is 2.60. The van der Waals surface area contributed by atoms with Gasteiger partial charge in [-0.1, -0.05) is 0 Å². The van der Waals surface area contributed by atoms with Crippen molar-refractivity contribution in [1.82, 2.24) is 0 Å². The smallest absolute Gasteiger partial charge is 0.200 e. The van der Waals surface area contributed by atoms with Gasteiger partial charge < -0.3 is 0 Å². The average molecular weight is 257 g/mol. The van der Waals surface area contributed by atoms with E-state index in [0.29, 0.717) is 12.5 Å². The molecule has 6 heteroatoms. The number of benzene rings is 1. The van der Waals surface area contributed by atoms with E-state index in [0.717, 1.165) is 12.1 Å². The van der Waals surface area contributed by atoms with E-state index in [-0.39, 0.29) is 12.8 Å². The zero-order valence-corrected chi connectivity index (χ0v) is 9.60. The van der Waals surface area contributed by atoms with Gasteiger partial charge in [0, 0.05) is 0 Å². The summed E-state index contributed by atoms with van der Waals surface area (Å²) in [6.07, 6.45) is 0.938. The fraction of sp³-hybridized carbons (Fsp3) is 0.364. The molecule has 0 heterocycles. The summed E-state index contributed by atoms with van der Waals surface area (Å²) in [5.41, 5.74) is 0. The van der Waals surface area contributed by atoms with Crippen molar-refractivity contribution in [3.05, 3.63) is 29.8 Å². The standard InChI is InChI=1S/C11H9F2NO2S/c12-8-2-3-9(13)10(6-8)17(15,16)11(7-14)4-1-5-11/h2-3,6H,1,4-5H2. The quantitative estimate of drug-likeness (QED) is 0.816. The van der Waals surface area contributed by atoms with Crippen molar-refractivity contribution >= 4 is 9.84 Å². The SMILES string of the molecule is N#CC1(S(=O)(=O)c2cc(F)ccc2F)CCC1. The van der Waals surface area contributed by atoms with Gasteiger partial charge in [0.25, 0.3) is 0 Å². The highest BCUT2D eigenvalue weighted by molar-refractivity contribution is 7.93. The Bertz CT molecular complexity index is 600. The van der Waals surface area contributed by atoms with Gasteiger partial charge in [0.05, 0.1) is 6.07 Å². The van der Waals surface area contributed by atoms with Crippen LogP contribution in [-0.2, 0) is 9.84 Å². The maximum Gasteiger partial charge on any atom is 0.200 e. The van der Waals surface area contributed by atoms with Gasteiger partial charge in [-0.05, 0) is 37.5 Å². The monoisotopic (exact) mass is 257 g/mol. The van der Waals surface area contributed by atoms with Gasteiger partial charge in [-0.3, -0.25) is 0 Å². The molecule has 90 valence electrons. The van der Waals surface area contributed by atoms with E-state index >= 15 is 0 Å². The van der Waals surface area contributed by atoms with Crippen molar-refractivity contribution in [1.29, 1.82) is 5.26 Å². The molecule has 0 atom stereocenters. The van der Waals surface area contributed by atoms with Gasteiger partial charge in [0.15, 0.2) is 14.6 Å². The minimum absolute atomic E-state index is 0.168. The molecule has 0 N–H and O–H groups in total. The summed E-state index contributed by atoms with van der Waals surface area (Å²) in [6.45, 7) is 0.